The minimum Gasteiger partial charge on any atom is -0.370 e. The first kappa shape index (κ1) is 10.7. The molecule has 3 heteroatoms. The Morgan fingerprint density at radius 1 is 1.31 bits per heavy atom. The lowest BCUT2D eigenvalue weighted by Gasteiger charge is -2.29. The molecule has 1 aliphatic heterocycles. The van der Waals surface area contributed by atoms with Crippen LogP contribution in [0, 0.1) is 18.3 Å². The molecule has 0 aliphatic carbocycles. The summed E-state index contributed by atoms with van der Waals surface area (Å²) in [5.41, 5.74) is 2.81. The molecule has 16 heavy (non-hydrogen) atoms. The molecule has 0 aromatic heterocycles. The van der Waals surface area contributed by atoms with E-state index >= 15 is 0 Å². The summed E-state index contributed by atoms with van der Waals surface area (Å²) in [5.74, 6) is 0.322. The van der Waals surface area contributed by atoms with Crippen LogP contribution in [-0.4, -0.2) is 18.9 Å². The predicted octanol–water partition coefficient (Wildman–Crippen LogP) is 2.04. The van der Waals surface area contributed by atoms with Crippen LogP contribution in [0.25, 0.3) is 0 Å². The molecule has 1 aliphatic rings. The summed E-state index contributed by atoms with van der Waals surface area (Å²) in [6, 6.07) is 8.02. The Kier molecular flexibility index (Phi) is 2.91. The van der Waals surface area contributed by atoms with Crippen molar-refractivity contribution in [1.29, 1.82) is 5.26 Å². The lowest BCUT2D eigenvalue weighted by molar-refractivity contribution is -0.119. The number of aryl methyl sites for hydroxylation is 1. The number of ketones is 1. The van der Waals surface area contributed by atoms with Gasteiger partial charge in [-0.05, 0) is 24.6 Å². The molecule has 3 nitrogen and oxygen atoms in total. The average molecular weight is 214 g/mol. The van der Waals surface area contributed by atoms with Crippen LogP contribution in [0.3, 0.4) is 0 Å². The van der Waals surface area contributed by atoms with E-state index in [4.69, 9.17) is 5.26 Å². The average Bonchev–Trinajstić information content (AvgIpc) is 2.30. The number of Topliss-reactive ketones (excluding diaryl/α,β-unsaturated/α-hetero) is 1. The van der Waals surface area contributed by atoms with E-state index in [2.05, 4.69) is 11.0 Å². The summed E-state index contributed by atoms with van der Waals surface area (Å²) in [6.07, 6.45) is 1.19. The van der Waals surface area contributed by atoms with Crippen molar-refractivity contribution in [1.82, 2.24) is 0 Å². The zero-order chi connectivity index (χ0) is 11.5. The first-order valence-electron chi connectivity index (χ1n) is 5.48. The zero-order valence-electron chi connectivity index (χ0n) is 9.36. The molecule has 0 atom stereocenters. The van der Waals surface area contributed by atoms with Gasteiger partial charge in [0.1, 0.15) is 11.9 Å². The van der Waals surface area contributed by atoms with Gasteiger partial charge in [0.2, 0.25) is 0 Å². The quantitative estimate of drug-likeness (QED) is 0.718. The van der Waals surface area contributed by atoms with Crippen LogP contribution in [0.5, 0.6) is 0 Å². The minimum atomic E-state index is 0.322. The van der Waals surface area contributed by atoms with Crippen LogP contribution in [0.15, 0.2) is 18.2 Å². The maximum absolute atomic E-state index is 11.2. The van der Waals surface area contributed by atoms with Gasteiger partial charge in [-0.15, -0.1) is 0 Å². The second-order valence-corrected chi connectivity index (χ2v) is 4.16. The van der Waals surface area contributed by atoms with Gasteiger partial charge >= 0.3 is 0 Å². The van der Waals surface area contributed by atoms with E-state index in [1.165, 1.54) is 0 Å². The molecule has 0 amide bonds. The van der Waals surface area contributed by atoms with E-state index in [9.17, 15) is 4.79 Å². The van der Waals surface area contributed by atoms with Gasteiger partial charge in [-0.2, -0.15) is 5.26 Å². The first-order valence-corrected chi connectivity index (χ1v) is 5.48. The summed E-state index contributed by atoms with van der Waals surface area (Å²) in [6.45, 7) is 3.48. The maximum atomic E-state index is 11.2. The zero-order valence-corrected chi connectivity index (χ0v) is 9.36. The Morgan fingerprint density at radius 2 is 2.00 bits per heavy atom. The molecule has 0 saturated carbocycles. The number of anilines is 1. The fraction of sp³-hybridized carbons (Fsp3) is 0.385. The van der Waals surface area contributed by atoms with Gasteiger partial charge in [0.05, 0.1) is 11.3 Å². The highest BCUT2D eigenvalue weighted by Gasteiger charge is 2.18. The molecule has 0 unspecified atom stereocenters. The number of hydrogen-bond donors (Lipinski definition) is 0. The molecular formula is C13H14N2O. The topological polar surface area (TPSA) is 44.1 Å². The van der Waals surface area contributed by atoms with E-state index in [1.807, 2.05) is 25.1 Å². The molecule has 2 rings (SSSR count). The SMILES string of the molecule is Cc1ccc(C#N)c(N2CCC(=O)CC2)c1. The molecule has 1 aromatic rings. The summed E-state index contributed by atoms with van der Waals surface area (Å²) < 4.78 is 0. The normalized spacial score (nSPS) is 16.0. The first-order chi connectivity index (χ1) is 7.70. The fourth-order valence-electron chi connectivity index (χ4n) is 1.99. The summed E-state index contributed by atoms with van der Waals surface area (Å²) in [5, 5.41) is 9.05. The lowest BCUT2D eigenvalue weighted by atomic mass is 10.1. The van der Waals surface area contributed by atoms with Gasteiger partial charge < -0.3 is 4.90 Å². The van der Waals surface area contributed by atoms with Crippen molar-refractivity contribution in [2.24, 2.45) is 0 Å². The van der Waals surface area contributed by atoms with Crippen LogP contribution in [0.1, 0.15) is 24.0 Å². The van der Waals surface area contributed by atoms with E-state index in [1.54, 1.807) is 0 Å². The van der Waals surface area contributed by atoms with Crippen LogP contribution in [-0.2, 0) is 4.79 Å². The smallest absolute Gasteiger partial charge is 0.136 e. The van der Waals surface area contributed by atoms with Crippen molar-refractivity contribution in [2.75, 3.05) is 18.0 Å². The van der Waals surface area contributed by atoms with E-state index in [0.717, 1.165) is 24.3 Å². The summed E-state index contributed by atoms with van der Waals surface area (Å²) in [4.78, 5) is 13.3. The van der Waals surface area contributed by atoms with Gasteiger partial charge in [-0.25, -0.2) is 0 Å². The van der Waals surface area contributed by atoms with Crippen molar-refractivity contribution >= 4 is 11.5 Å². The van der Waals surface area contributed by atoms with Crippen molar-refractivity contribution in [2.45, 2.75) is 19.8 Å². The minimum absolute atomic E-state index is 0.322. The number of hydrogen-bond acceptors (Lipinski definition) is 3. The maximum Gasteiger partial charge on any atom is 0.136 e. The van der Waals surface area contributed by atoms with E-state index in [0.29, 0.717) is 24.2 Å². The van der Waals surface area contributed by atoms with Crippen LogP contribution < -0.4 is 4.90 Å². The highest BCUT2D eigenvalue weighted by atomic mass is 16.1. The van der Waals surface area contributed by atoms with Gasteiger partial charge in [-0.3, -0.25) is 4.79 Å². The summed E-state index contributed by atoms with van der Waals surface area (Å²) in [7, 11) is 0. The fourth-order valence-corrected chi connectivity index (χ4v) is 1.99. The number of carbonyl (C=O) groups excluding carboxylic acids is 1. The predicted molar refractivity (Wildman–Crippen MR) is 62.3 cm³/mol. The number of rotatable bonds is 1. The Hall–Kier alpha value is -1.82. The van der Waals surface area contributed by atoms with Crippen LogP contribution in [0.2, 0.25) is 0 Å². The van der Waals surface area contributed by atoms with Crippen molar-refractivity contribution < 1.29 is 4.79 Å². The Balaban J connectivity index is 2.29. The number of benzene rings is 1. The molecule has 82 valence electrons. The number of nitriles is 1. The second-order valence-electron chi connectivity index (χ2n) is 4.16. The van der Waals surface area contributed by atoms with Crippen molar-refractivity contribution in [3.8, 4) is 6.07 Å². The van der Waals surface area contributed by atoms with Crippen molar-refractivity contribution in [3.63, 3.8) is 0 Å². The molecule has 0 spiro atoms. The third-order valence-electron chi connectivity index (χ3n) is 2.94. The Morgan fingerprint density at radius 3 is 2.62 bits per heavy atom. The molecule has 0 N–H and O–H groups in total. The van der Waals surface area contributed by atoms with Crippen molar-refractivity contribution in [3.05, 3.63) is 29.3 Å². The van der Waals surface area contributed by atoms with E-state index < -0.39 is 0 Å². The largest absolute Gasteiger partial charge is 0.370 e. The van der Waals surface area contributed by atoms with Gasteiger partial charge in [-0.1, -0.05) is 6.07 Å². The van der Waals surface area contributed by atoms with Crippen LogP contribution >= 0.6 is 0 Å². The second kappa shape index (κ2) is 4.36. The third kappa shape index (κ3) is 2.06. The standard InChI is InChI=1S/C13H14N2O/c1-10-2-3-11(9-14)13(8-10)15-6-4-12(16)5-7-15/h2-3,8H,4-7H2,1H3. The van der Waals surface area contributed by atoms with Gasteiger partial charge in [0, 0.05) is 25.9 Å². The molecule has 1 saturated heterocycles. The van der Waals surface area contributed by atoms with Gasteiger partial charge in [0.25, 0.3) is 0 Å². The molecule has 1 heterocycles. The Bertz CT molecular complexity index is 449. The highest BCUT2D eigenvalue weighted by molar-refractivity contribution is 5.81. The van der Waals surface area contributed by atoms with Gasteiger partial charge in [0.15, 0.2) is 0 Å². The molecule has 0 bridgehead atoms. The molecule has 1 fully saturated rings. The molecular weight excluding hydrogens is 200 g/mol. The third-order valence-corrected chi connectivity index (χ3v) is 2.94. The highest BCUT2D eigenvalue weighted by Crippen LogP contribution is 2.24. The molecule has 0 radical (unpaired) electrons. The van der Waals surface area contributed by atoms with E-state index in [-0.39, 0.29) is 0 Å². The molecule has 1 aromatic carbocycles. The number of piperidine rings is 1. The monoisotopic (exact) mass is 214 g/mol. The Labute approximate surface area is 95.3 Å². The lowest BCUT2D eigenvalue weighted by Crippen LogP contribution is -2.34. The number of carbonyl (C=O) groups is 1. The summed E-state index contributed by atoms with van der Waals surface area (Å²) >= 11 is 0. The number of nitrogens with zero attached hydrogens (tertiary/aromatic N) is 2. The van der Waals surface area contributed by atoms with Crippen LogP contribution in [0.4, 0.5) is 5.69 Å².